The van der Waals surface area contributed by atoms with Crippen LogP contribution >= 0.6 is 23.2 Å². The van der Waals surface area contributed by atoms with E-state index in [0.717, 1.165) is 11.3 Å². The number of rotatable bonds is 2. The summed E-state index contributed by atoms with van der Waals surface area (Å²) in [6.07, 6.45) is 1.66. The first kappa shape index (κ1) is 9.82. The summed E-state index contributed by atoms with van der Waals surface area (Å²) in [7, 11) is 0. The summed E-state index contributed by atoms with van der Waals surface area (Å²) in [4.78, 5) is 4.23. The first-order valence-electron chi connectivity index (χ1n) is 3.85. The van der Waals surface area contributed by atoms with Crippen LogP contribution in [0.3, 0.4) is 0 Å². The lowest BCUT2D eigenvalue weighted by Gasteiger charge is -2.08. The van der Waals surface area contributed by atoms with Gasteiger partial charge in [-0.05, 0) is 17.5 Å². The summed E-state index contributed by atoms with van der Waals surface area (Å²) in [5.41, 5.74) is 2.06. The van der Waals surface area contributed by atoms with Crippen molar-refractivity contribution < 1.29 is 0 Å². The molecular weight excluding hydrogens is 193 g/mol. The average Bonchev–Trinajstić information content (AvgIpc) is 2.03. The predicted octanol–water partition coefficient (Wildman–Crippen LogP) is 3.60. The van der Waals surface area contributed by atoms with Crippen molar-refractivity contribution in [1.82, 2.24) is 4.98 Å². The monoisotopic (exact) mass is 203 g/mol. The summed E-state index contributed by atoms with van der Waals surface area (Å²) in [5, 5.41) is 0.648. The second-order valence-corrected chi connectivity index (χ2v) is 3.69. The zero-order chi connectivity index (χ0) is 9.14. The van der Waals surface area contributed by atoms with Crippen LogP contribution in [0.4, 0.5) is 0 Å². The van der Waals surface area contributed by atoms with Crippen LogP contribution in [0.15, 0.2) is 12.3 Å². The fraction of sp³-hybridized carbons (Fsp3) is 0.444. The summed E-state index contributed by atoms with van der Waals surface area (Å²) < 4.78 is 0. The molecule has 0 aromatic carbocycles. The van der Waals surface area contributed by atoms with E-state index < -0.39 is 0 Å². The molecule has 1 rings (SSSR count). The van der Waals surface area contributed by atoms with Gasteiger partial charge in [0, 0.05) is 17.8 Å². The molecule has 0 spiro atoms. The second-order valence-electron chi connectivity index (χ2n) is 2.99. The first-order chi connectivity index (χ1) is 5.65. The Hall–Kier alpha value is -0.270. The quantitative estimate of drug-likeness (QED) is 0.670. The molecule has 66 valence electrons. The number of nitrogens with zero attached hydrogens (tertiary/aromatic N) is 1. The van der Waals surface area contributed by atoms with Crippen LogP contribution in [0.5, 0.6) is 0 Å². The topological polar surface area (TPSA) is 12.9 Å². The summed E-state index contributed by atoms with van der Waals surface area (Å²) >= 11 is 11.5. The summed E-state index contributed by atoms with van der Waals surface area (Å²) in [6.45, 7) is 4.18. The van der Waals surface area contributed by atoms with Gasteiger partial charge in [0.2, 0.25) is 0 Å². The second kappa shape index (κ2) is 4.11. The molecular formula is C9H11Cl2N. The summed E-state index contributed by atoms with van der Waals surface area (Å²) in [5.74, 6) is 0.872. The van der Waals surface area contributed by atoms with Gasteiger partial charge in [0.1, 0.15) is 0 Å². The van der Waals surface area contributed by atoms with Crippen LogP contribution in [0.1, 0.15) is 31.0 Å². The Kier molecular flexibility index (Phi) is 3.36. The third-order valence-corrected chi connectivity index (χ3v) is 2.15. The van der Waals surface area contributed by atoms with Gasteiger partial charge in [-0.3, -0.25) is 4.98 Å². The molecule has 0 bridgehead atoms. The first-order valence-corrected chi connectivity index (χ1v) is 4.76. The van der Waals surface area contributed by atoms with Gasteiger partial charge in [-0.1, -0.05) is 25.4 Å². The number of aromatic nitrogens is 1. The molecule has 0 N–H and O–H groups in total. The maximum Gasteiger partial charge on any atom is 0.0592 e. The molecule has 1 nitrogen and oxygen atoms in total. The largest absolute Gasteiger partial charge is 0.259 e. The van der Waals surface area contributed by atoms with Crippen LogP contribution in [0, 0.1) is 0 Å². The maximum absolute atomic E-state index is 5.78. The zero-order valence-electron chi connectivity index (χ0n) is 7.14. The molecule has 0 amide bonds. The number of hydrogen-bond donors (Lipinski definition) is 0. The Morgan fingerprint density at radius 1 is 1.50 bits per heavy atom. The van der Waals surface area contributed by atoms with Crippen molar-refractivity contribution in [3.63, 3.8) is 0 Å². The smallest absolute Gasteiger partial charge is 0.0592 e. The Morgan fingerprint density at radius 3 is 2.67 bits per heavy atom. The molecule has 0 radical (unpaired) electrons. The van der Waals surface area contributed by atoms with Gasteiger partial charge >= 0.3 is 0 Å². The molecule has 1 heterocycles. The van der Waals surface area contributed by atoms with Gasteiger partial charge in [-0.2, -0.15) is 0 Å². The van der Waals surface area contributed by atoms with E-state index in [0.29, 0.717) is 16.8 Å². The van der Waals surface area contributed by atoms with Gasteiger partial charge in [-0.25, -0.2) is 0 Å². The van der Waals surface area contributed by atoms with Gasteiger partial charge in [-0.15, -0.1) is 11.6 Å². The minimum atomic E-state index is 0.399. The van der Waals surface area contributed by atoms with Crippen molar-refractivity contribution in [3.8, 4) is 0 Å². The fourth-order valence-corrected chi connectivity index (χ4v) is 1.51. The van der Waals surface area contributed by atoms with E-state index in [9.17, 15) is 0 Å². The van der Waals surface area contributed by atoms with Crippen molar-refractivity contribution >= 4 is 23.2 Å². The minimum absolute atomic E-state index is 0.399. The van der Waals surface area contributed by atoms with Gasteiger partial charge < -0.3 is 0 Å². The molecule has 0 aliphatic rings. The van der Waals surface area contributed by atoms with E-state index in [-0.39, 0.29) is 0 Å². The highest BCUT2D eigenvalue weighted by atomic mass is 35.5. The molecule has 1 aromatic rings. The Balaban J connectivity index is 3.11. The van der Waals surface area contributed by atoms with Crippen LogP contribution in [0.25, 0.3) is 0 Å². The summed E-state index contributed by atoms with van der Waals surface area (Å²) in [6, 6.07) is 1.87. The molecule has 0 saturated heterocycles. The van der Waals surface area contributed by atoms with Crippen LogP contribution in [-0.2, 0) is 5.88 Å². The highest BCUT2D eigenvalue weighted by molar-refractivity contribution is 6.30. The van der Waals surface area contributed by atoms with Gasteiger partial charge in [0.15, 0.2) is 0 Å². The minimum Gasteiger partial charge on any atom is -0.259 e. The fourth-order valence-electron chi connectivity index (χ4n) is 1.12. The predicted molar refractivity (Wildman–Crippen MR) is 52.9 cm³/mol. The lowest BCUT2D eigenvalue weighted by molar-refractivity contribution is 0.809. The normalized spacial score (nSPS) is 10.8. The average molecular weight is 204 g/mol. The standard InChI is InChI=1S/C9H11Cl2N/c1-6(2)9-7(4-10)3-8(11)5-12-9/h3,5-6H,4H2,1-2H3. The third-order valence-electron chi connectivity index (χ3n) is 1.66. The molecule has 0 atom stereocenters. The SMILES string of the molecule is CC(C)c1ncc(Cl)cc1CCl. The lowest BCUT2D eigenvalue weighted by Crippen LogP contribution is -1.97. The number of pyridine rings is 1. The number of alkyl halides is 1. The molecule has 0 aliphatic heterocycles. The van der Waals surface area contributed by atoms with E-state index in [1.165, 1.54) is 0 Å². The highest BCUT2D eigenvalue weighted by Crippen LogP contribution is 2.21. The van der Waals surface area contributed by atoms with E-state index >= 15 is 0 Å². The van der Waals surface area contributed by atoms with Crippen LogP contribution in [0.2, 0.25) is 5.02 Å². The van der Waals surface area contributed by atoms with E-state index in [2.05, 4.69) is 18.8 Å². The number of halogens is 2. The van der Waals surface area contributed by atoms with E-state index in [4.69, 9.17) is 23.2 Å². The van der Waals surface area contributed by atoms with Crippen molar-refractivity contribution in [1.29, 1.82) is 0 Å². The van der Waals surface area contributed by atoms with Gasteiger partial charge in [0.25, 0.3) is 0 Å². The Labute approximate surface area is 82.7 Å². The van der Waals surface area contributed by atoms with Crippen molar-refractivity contribution in [2.45, 2.75) is 25.6 Å². The molecule has 0 saturated carbocycles. The van der Waals surface area contributed by atoms with Crippen molar-refractivity contribution in [2.24, 2.45) is 0 Å². The molecule has 3 heteroatoms. The van der Waals surface area contributed by atoms with E-state index in [1.54, 1.807) is 6.20 Å². The maximum atomic E-state index is 5.78. The molecule has 1 aromatic heterocycles. The molecule has 12 heavy (non-hydrogen) atoms. The molecule has 0 fully saturated rings. The lowest BCUT2D eigenvalue weighted by atomic mass is 10.1. The van der Waals surface area contributed by atoms with Crippen molar-refractivity contribution in [3.05, 3.63) is 28.5 Å². The van der Waals surface area contributed by atoms with E-state index in [1.807, 2.05) is 6.07 Å². The Bertz CT molecular complexity index is 271. The zero-order valence-corrected chi connectivity index (χ0v) is 8.65. The van der Waals surface area contributed by atoms with Crippen molar-refractivity contribution in [2.75, 3.05) is 0 Å². The molecule has 0 aliphatic carbocycles. The highest BCUT2D eigenvalue weighted by Gasteiger charge is 2.07. The number of hydrogen-bond acceptors (Lipinski definition) is 1. The van der Waals surface area contributed by atoms with Gasteiger partial charge in [0.05, 0.1) is 5.02 Å². The molecule has 0 unspecified atom stereocenters. The van der Waals surface area contributed by atoms with Crippen LogP contribution < -0.4 is 0 Å². The van der Waals surface area contributed by atoms with Crippen LogP contribution in [-0.4, -0.2) is 4.98 Å². The third kappa shape index (κ3) is 2.11. The Morgan fingerprint density at radius 2 is 2.17 bits per heavy atom.